The molecule has 0 spiro atoms. The maximum absolute atomic E-state index is 14.0. The van der Waals surface area contributed by atoms with Gasteiger partial charge in [-0.15, -0.1) is 0 Å². The molecule has 0 aliphatic carbocycles. The molecular formula is C20H17F2N3O2. The van der Waals surface area contributed by atoms with E-state index in [-0.39, 0.29) is 23.7 Å². The molecule has 7 heteroatoms. The number of aromatic nitrogens is 2. The van der Waals surface area contributed by atoms with Crippen LogP contribution in [0.1, 0.15) is 21.7 Å². The first-order valence-corrected chi connectivity index (χ1v) is 8.34. The van der Waals surface area contributed by atoms with Crippen LogP contribution in [0.25, 0.3) is 5.69 Å². The number of carbonyl (C=O) groups excluding carboxylic acids is 1. The number of para-hydroxylation sites is 1. The topological polar surface area (TPSA) is 64.0 Å². The molecule has 0 aliphatic heterocycles. The number of nitrogens with zero attached hydrogens (tertiary/aromatic N) is 2. The van der Waals surface area contributed by atoms with E-state index in [4.69, 9.17) is 0 Å². The molecule has 1 N–H and O–H groups in total. The van der Waals surface area contributed by atoms with E-state index in [0.717, 1.165) is 5.56 Å². The summed E-state index contributed by atoms with van der Waals surface area (Å²) in [5.74, 6) is -1.54. The van der Waals surface area contributed by atoms with Crippen LogP contribution in [0.3, 0.4) is 0 Å². The zero-order valence-electron chi connectivity index (χ0n) is 14.6. The van der Waals surface area contributed by atoms with Crippen LogP contribution in [0.15, 0.2) is 59.4 Å². The van der Waals surface area contributed by atoms with Gasteiger partial charge in [0, 0.05) is 18.3 Å². The molecule has 1 heterocycles. The van der Waals surface area contributed by atoms with Gasteiger partial charge in [-0.05, 0) is 43.2 Å². The van der Waals surface area contributed by atoms with Crippen LogP contribution in [-0.4, -0.2) is 22.2 Å². The van der Waals surface area contributed by atoms with E-state index in [1.54, 1.807) is 25.1 Å². The fourth-order valence-corrected chi connectivity index (χ4v) is 2.67. The number of rotatable bonds is 5. The first-order chi connectivity index (χ1) is 13.0. The molecule has 0 saturated heterocycles. The Labute approximate surface area is 154 Å². The smallest absolute Gasteiger partial charge is 0.275 e. The highest BCUT2D eigenvalue weighted by Crippen LogP contribution is 2.13. The molecule has 0 radical (unpaired) electrons. The number of carbonyl (C=O) groups is 1. The average Bonchev–Trinajstić information content (AvgIpc) is 2.63. The van der Waals surface area contributed by atoms with Gasteiger partial charge in [-0.2, -0.15) is 5.10 Å². The molecule has 0 bridgehead atoms. The molecule has 5 nitrogen and oxygen atoms in total. The summed E-state index contributed by atoms with van der Waals surface area (Å²) in [5, 5.41) is 6.62. The van der Waals surface area contributed by atoms with Gasteiger partial charge in [-0.3, -0.25) is 9.59 Å². The number of nitrogens with one attached hydrogen (secondary N) is 1. The second-order valence-electron chi connectivity index (χ2n) is 6.00. The number of hydrogen-bond acceptors (Lipinski definition) is 3. The fourth-order valence-electron chi connectivity index (χ4n) is 2.67. The van der Waals surface area contributed by atoms with Crippen LogP contribution in [0, 0.1) is 18.6 Å². The predicted octanol–water partition coefficient (Wildman–Crippen LogP) is 2.79. The van der Waals surface area contributed by atoms with Gasteiger partial charge in [0.15, 0.2) is 5.69 Å². The number of aryl methyl sites for hydroxylation is 1. The Kier molecular flexibility index (Phi) is 5.40. The number of halogens is 2. The highest BCUT2D eigenvalue weighted by atomic mass is 19.1. The molecule has 1 amide bonds. The Hall–Kier alpha value is -3.35. The fraction of sp³-hybridized carbons (Fsp3) is 0.150. The molecule has 2 aromatic carbocycles. The lowest BCUT2D eigenvalue weighted by molar-refractivity contribution is 0.0946. The standard InChI is InChI=1S/C20H17F2N3O2/c1-13-11-18(26)19(24-25(13)17-8-3-2-7-16(17)22)20(27)23-10-9-14-5-4-6-15(21)12-14/h2-8,11-12H,9-10H2,1H3,(H,23,27). The Morgan fingerprint density at radius 3 is 2.63 bits per heavy atom. The normalized spacial score (nSPS) is 10.6. The van der Waals surface area contributed by atoms with Crippen LogP contribution < -0.4 is 10.7 Å². The summed E-state index contributed by atoms with van der Waals surface area (Å²) in [6.07, 6.45) is 0.400. The lowest BCUT2D eigenvalue weighted by Gasteiger charge is -2.12. The van der Waals surface area contributed by atoms with Crippen molar-refractivity contribution in [1.82, 2.24) is 15.1 Å². The van der Waals surface area contributed by atoms with Crippen molar-refractivity contribution in [3.63, 3.8) is 0 Å². The minimum atomic E-state index is -0.665. The second kappa shape index (κ2) is 7.90. The Morgan fingerprint density at radius 2 is 1.89 bits per heavy atom. The van der Waals surface area contributed by atoms with Crippen LogP contribution in [0.4, 0.5) is 8.78 Å². The Morgan fingerprint density at radius 1 is 1.11 bits per heavy atom. The van der Waals surface area contributed by atoms with Crippen molar-refractivity contribution in [3.8, 4) is 5.69 Å². The van der Waals surface area contributed by atoms with Crippen LogP contribution in [0.5, 0.6) is 0 Å². The van der Waals surface area contributed by atoms with Gasteiger partial charge in [0.2, 0.25) is 5.43 Å². The molecule has 3 aromatic rings. The summed E-state index contributed by atoms with van der Waals surface area (Å²) in [4.78, 5) is 24.5. The van der Waals surface area contributed by atoms with Crippen molar-refractivity contribution < 1.29 is 13.6 Å². The van der Waals surface area contributed by atoms with Gasteiger partial charge in [-0.25, -0.2) is 13.5 Å². The molecule has 27 heavy (non-hydrogen) atoms. The summed E-state index contributed by atoms with van der Waals surface area (Å²) >= 11 is 0. The molecule has 0 saturated carbocycles. The van der Waals surface area contributed by atoms with E-state index < -0.39 is 17.2 Å². The molecular weight excluding hydrogens is 352 g/mol. The molecule has 0 atom stereocenters. The molecule has 138 valence electrons. The molecule has 0 unspecified atom stereocenters. The lowest BCUT2D eigenvalue weighted by Crippen LogP contribution is -2.33. The van der Waals surface area contributed by atoms with E-state index in [1.165, 1.54) is 41.1 Å². The van der Waals surface area contributed by atoms with E-state index in [0.29, 0.717) is 12.1 Å². The average molecular weight is 369 g/mol. The monoisotopic (exact) mass is 369 g/mol. The third kappa shape index (κ3) is 4.25. The van der Waals surface area contributed by atoms with Gasteiger partial charge in [0.1, 0.15) is 17.3 Å². The van der Waals surface area contributed by atoms with Crippen molar-refractivity contribution in [2.45, 2.75) is 13.3 Å². The van der Waals surface area contributed by atoms with Gasteiger partial charge in [-0.1, -0.05) is 24.3 Å². The molecule has 1 aromatic heterocycles. The number of amides is 1. The highest BCUT2D eigenvalue weighted by Gasteiger charge is 2.16. The minimum Gasteiger partial charge on any atom is -0.350 e. The Balaban J connectivity index is 1.79. The molecule has 3 rings (SSSR count). The second-order valence-corrected chi connectivity index (χ2v) is 6.00. The maximum Gasteiger partial charge on any atom is 0.275 e. The number of benzene rings is 2. The first-order valence-electron chi connectivity index (χ1n) is 8.34. The van der Waals surface area contributed by atoms with Crippen molar-refractivity contribution in [1.29, 1.82) is 0 Å². The third-order valence-electron chi connectivity index (χ3n) is 3.99. The minimum absolute atomic E-state index is 0.142. The predicted molar refractivity (Wildman–Crippen MR) is 97.0 cm³/mol. The zero-order valence-corrected chi connectivity index (χ0v) is 14.6. The largest absolute Gasteiger partial charge is 0.350 e. The lowest BCUT2D eigenvalue weighted by atomic mass is 10.1. The third-order valence-corrected chi connectivity index (χ3v) is 3.99. The van der Waals surface area contributed by atoms with E-state index in [9.17, 15) is 18.4 Å². The zero-order chi connectivity index (χ0) is 19.4. The van der Waals surface area contributed by atoms with Crippen molar-refractivity contribution in [2.24, 2.45) is 0 Å². The summed E-state index contributed by atoms with van der Waals surface area (Å²) in [6.45, 7) is 1.81. The maximum atomic E-state index is 14.0. The van der Waals surface area contributed by atoms with E-state index >= 15 is 0 Å². The van der Waals surface area contributed by atoms with E-state index in [2.05, 4.69) is 10.4 Å². The summed E-state index contributed by atoms with van der Waals surface area (Å²) in [6, 6.07) is 13.2. The first kappa shape index (κ1) is 18.4. The van der Waals surface area contributed by atoms with Gasteiger partial charge < -0.3 is 5.32 Å². The van der Waals surface area contributed by atoms with Crippen molar-refractivity contribution >= 4 is 5.91 Å². The van der Waals surface area contributed by atoms with Crippen molar-refractivity contribution in [3.05, 3.63) is 93.4 Å². The molecule has 0 fully saturated rings. The van der Waals surface area contributed by atoms with Gasteiger partial charge in [0.25, 0.3) is 5.91 Å². The SMILES string of the molecule is Cc1cc(=O)c(C(=O)NCCc2cccc(F)c2)nn1-c1ccccc1F. The quantitative estimate of drug-likeness (QED) is 0.752. The van der Waals surface area contributed by atoms with Gasteiger partial charge in [0.05, 0.1) is 0 Å². The summed E-state index contributed by atoms with van der Waals surface area (Å²) < 4.78 is 28.4. The van der Waals surface area contributed by atoms with Crippen LogP contribution in [-0.2, 0) is 6.42 Å². The molecule has 0 aliphatic rings. The van der Waals surface area contributed by atoms with Crippen LogP contribution >= 0.6 is 0 Å². The summed E-state index contributed by atoms with van der Waals surface area (Å²) in [7, 11) is 0. The van der Waals surface area contributed by atoms with E-state index in [1.807, 2.05) is 0 Å². The van der Waals surface area contributed by atoms with Gasteiger partial charge >= 0.3 is 0 Å². The Bertz CT molecular complexity index is 1050. The van der Waals surface area contributed by atoms with Crippen molar-refractivity contribution in [2.75, 3.05) is 6.54 Å². The summed E-state index contributed by atoms with van der Waals surface area (Å²) in [5.41, 5.74) is 0.382. The van der Waals surface area contributed by atoms with Crippen LogP contribution in [0.2, 0.25) is 0 Å². The number of hydrogen-bond donors (Lipinski definition) is 1. The highest BCUT2D eigenvalue weighted by molar-refractivity contribution is 5.92.